The van der Waals surface area contributed by atoms with Gasteiger partial charge < -0.3 is 53.2 Å². The van der Waals surface area contributed by atoms with Crippen molar-refractivity contribution in [2.75, 3.05) is 19.8 Å². The van der Waals surface area contributed by atoms with E-state index in [1.165, 1.54) is 0 Å². The first-order valence-corrected chi connectivity index (χ1v) is 18.6. The van der Waals surface area contributed by atoms with Crippen LogP contribution in [0.3, 0.4) is 0 Å². The molecule has 53 heavy (non-hydrogen) atoms. The van der Waals surface area contributed by atoms with Crippen LogP contribution < -0.4 is 0 Å². The zero-order valence-corrected chi connectivity index (χ0v) is 32.8. The van der Waals surface area contributed by atoms with E-state index in [9.17, 15) is 39.3 Å². The number of hydrogen-bond donors (Lipinski definition) is 3. The van der Waals surface area contributed by atoms with Crippen LogP contribution in [0.4, 0.5) is 0 Å². The molecule has 0 aromatic rings. The fourth-order valence-electron chi connectivity index (χ4n) is 5.61. The van der Waals surface area contributed by atoms with Crippen LogP contribution in [0.25, 0.3) is 0 Å². The van der Waals surface area contributed by atoms with Crippen LogP contribution in [0, 0.1) is 29.6 Å². The van der Waals surface area contributed by atoms with Crippen LogP contribution in [0.2, 0.25) is 0 Å². The highest BCUT2D eigenvalue weighted by molar-refractivity contribution is 5.73. The maximum Gasteiger partial charge on any atom is 0.308 e. The maximum absolute atomic E-state index is 13.4. The summed E-state index contributed by atoms with van der Waals surface area (Å²) in [6.07, 6.45) is -13.1. The Morgan fingerprint density at radius 3 is 1.64 bits per heavy atom. The summed E-state index contributed by atoms with van der Waals surface area (Å²) < 4.78 is 47.3. The lowest BCUT2D eigenvalue weighted by atomic mass is 9.98. The third kappa shape index (κ3) is 14.0. The molecule has 2 aliphatic rings. The van der Waals surface area contributed by atoms with Crippen LogP contribution >= 0.6 is 0 Å². The van der Waals surface area contributed by atoms with E-state index >= 15 is 0 Å². The normalized spacial score (nSPS) is 29.3. The molecule has 0 unspecified atom stereocenters. The van der Waals surface area contributed by atoms with Gasteiger partial charge in [0, 0.05) is 25.7 Å². The highest BCUT2D eigenvalue weighted by Gasteiger charge is 2.64. The number of aliphatic hydroxyl groups is 3. The lowest BCUT2D eigenvalue weighted by Gasteiger charge is -2.45. The molecule has 2 rings (SSSR count). The summed E-state index contributed by atoms with van der Waals surface area (Å²) in [5, 5.41) is 31.9. The molecule has 2 heterocycles. The molecule has 306 valence electrons. The Morgan fingerprint density at radius 1 is 0.660 bits per heavy atom. The van der Waals surface area contributed by atoms with Gasteiger partial charge in [0.1, 0.15) is 37.6 Å². The van der Waals surface area contributed by atoms with Crippen LogP contribution in [-0.2, 0) is 61.9 Å². The minimum absolute atomic E-state index is 0.0492. The summed E-state index contributed by atoms with van der Waals surface area (Å²) in [5.41, 5.74) is 0. The molecule has 2 saturated heterocycles. The minimum Gasteiger partial charge on any atom is -0.463 e. The topological polar surface area (TPSA) is 220 Å². The van der Waals surface area contributed by atoms with E-state index in [0.717, 1.165) is 0 Å². The Labute approximate surface area is 312 Å². The van der Waals surface area contributed by atoms with Crippen molar-refractivity contribution >= 4 is 29.8 Å². The minimum atomic E-state index is -2.43. The number of hydrogen-bond acceptors (Lipinski definition) is 16. The molecular weight excluding hydrogens is 700 g/mol. The average Bonchev–Trinajstić information content (AvgIpc) is 3.31. The Morgan fingerprint density at radius 2 is 1.15 bits per heavy atom. The third-order valence-electron chi connectivity index (χ3n) is 8.52. The zero-order chi connectivity index (χ0) is 40.2. The molecule has 10 atom stereocenters. The molecule has 0 saturated carbocycles. The predicted molar refractivity (Wildman–Crippen MR) is 185 cm³/mol. The predicted octanol–water partition coefficient (Wildman–Crippen LogP) is 2.59. The van der Waals surface area contributed by atoms with Gasteiger partial charge in [0.25, 0.3) is 0 Å². The van der Waals surface area contributed by atoms with Crippen molar-refractivity contribution in [1.29, 1.82) is 0 Å². The van der Waals surface area contributed by atoms with Crippen molar-refractivity contribution in [3.63, 3.8) is 0 Å². The van der Waals surface area contributed by atoms with Gasteiger partial charge >= 0.3 is 29.8 Å². The largest absolute Gasteiger partial charge is 0.463 e. The van der Waals surface area contributed by atoms with Crippen LogP contribution in [0.15, 0.2) is 0 Å². The lowest BCUT2D eigenvalue weighted by Crippen LogP contribution is -2.64. The van der Waals surface area contributed by atoms with Gasteiger partial charge in [0.2, 0.25) is 12.1 Å². The van der Waals surface area contributed by atoms with Gasteiger partial charge in [-0.1, -0.05) is 69.2 Å². The Bertz CT molecular complexity index is 1200. The first-order valence-electron chi connectivity index (χ1n) is 18.6. The molecule has 0 amide bonds. The molecule has 2 aliphatic heterocycles. The molecule has 2 fully saturated rings. The summed E-state index contributed by atoms with van der Waals surface area (Å²) in [5.74, 6) is -7.14. The number of carbonyl (C=O) groups is 5. The average molecular weight is 763 g/mol. The number of ether oxygens (including phenoxy) is 8. The van der Waals surface area contributed by atoms with Gasteiger partial charge in [-0.2, -0.15) is 0 Å². The van der Waals surface area contributed by atoms with Crippen molar-refractivity contribution in [1.82, 2.24) is 0 Å². The van der Waals surface area contributed by atoms with E-state index in [0.29, 0.717) is 6.42 Å². The number of carbonyl (C=O) groups excluding carboxylic acids is 5. The molecule has 0 aliphatic carbocycles. The quantitative estimate of drug-likeness (QED) is 0.120. The van der Waals surface area contributed by atoms with E-state index in [-0.39, 0.29) is 49.4 Å². The van der Waals surface area contributed by atoms with E-state index in [1.54, 1.807) is 55.4 Å². The van der Waals surface area contributed by atoms with Gasteiger partial charge in [0.05, 0.1) is 12.5 Å². The first kappa shape index (κ1) is 46.3. The smallest absolute Gasteiger partial charge is 0.308 e. The van der Waals surface area contributed by atoms with Crippen molar-refractivity contribution in [2.45, 2.75) is 156 Å². The van der Waals surface area contributed by atoms with Crippen molar-refractivity contribution in [2.24, 2.45) is 29.6 Å². The highest BCUT2D eigenvalue weighted by Crippen LogP contribution is 2.41. The van der Waals surface area contributed by atoms with E-state index < -0.39 is 110 Å². The summed E-state index contributed by atoms with van der Waals surface area (Å²) >= 11 is 0. The lowest BCUT2D eigenvalue weighted by molar-refractivity contribution is -0.384. The van der Waals surface area contributed by atoms with Crippen LogP contribution in [0.1, 0.15) is 101 Å². The van der Waals surface area contributed by atoms with Gasteiger partial charge in [0.15, 0.2) is 18.3 Å². The molecule has 16 nitrogen and oxygen atoms in total. The van der Waals surface area contributed by atoms with E-state index in [1.807, 2.05) is 13.8 Å². The van der Waals surface area contributed by atoms with Gasteiger partial charge in [-0.3, -0.25) is 24.0 Å². The fourth-order valence-corrected chi connectivity index (χ4v) is 5.61. The summed E-state index contributed by atoms with van der Waals surface area (Å²) in [4.78, 5) is 65.4. The molecule has 0 bridgehead atoms. The fraction of sp³-hybridized carbons (Fsp3) is 0.865. The van der Waals surface area contributed by atoms with Gasteiger partial charge in [-0.25, -0.2) is 0 Å². The molecule has 0 aromatic carbocycles. The molecular formula is C37H62O16. The molecule has 0 aromatic heterocycles. The van der Waals surface area contributed by atoms with Crippen molar-refractivity contribution < 1.29 is 77.2 Å². The summed E-state index contributed by atoms with van der Waals surface area (Å²) in [6.45, 7) is 15.5. The molecule has 0 spiro atoms. The molecule has 16 heteroatoms. The first-order chi connectivity index (χ1) is 24.7. The Hall–Kier alpha value is -2.89. The number of aliphatic hydroxyl groups excluding tert-OH is 3. The maximum atomic E-state index is 13.4. The second kappa shape index (κ2) is 21.3. The second-order valence-corrected chi connectivity index (χ2v) is 15.6. The Balaban J connectivity index is 2.79. The third-order valence-corrected chi connectivity index (χ3v) is 8.52. The monoisotopic (exact) mass is 762 g/mol. The standard InChI is InChI=1S/C37H62O16/c1-11-23(10)35(45)47-18-37(53-36-33(50-28(41)14-21(6)7)31(44)30(43)24(16-38)48-36)34(51-29(42)15-22(8)9)32(49-27(40)13-20(4)5)25(52-37)17-46-26(39)12-19(2)3/h19-25,30-34,36,38,43-44H,11-18H2,1-10H3/t23-,24+,25+,30+,31-,32+,33+,34-,36+,37-/m0/s1. The number of rotatable bonds is 20. The molecule has 0 radical (unpaired) electrons. The SMILES string of the molecule is CC[C@H](C)C(=O)OC[C@@]1(O[C@H]2O[C@H](CO)[C@@H](O)[C@H](O)[C@H]2OC(=O)CC(C)C)O[C@H](COC(=O)CC(C)C)[C@@H](OC(=O)CC(C)C)[C@@H]1OC(=O)CC(C)C. The van der Waals surface area contributed by atoms with E-state index in [4.69, 9.17) is 37.9 Å². The second-order valence-electron chi connectivity index (χ2n) is 15.6. The van der Waals surface area contributed by atoms with Crippen molar-refractivity contribution in [3.05, 3.63) is 0 Å². The highest BCUT2D eigenvalue weighted by atomic mass is 16.8. The summed E-state index contributed by atoms with van der Waals surface area (Å²) in [6, 6.07) is 0. The van der Waals surface area contributed by atoms with Gasteiger partial charge in [-0.05, 0) is 30.1 Å². The van der Waals surface area contributed by atoms with Gasteiger partial charge in [-0.15, -0.1) is 0 Å². The summed E-state index contributed by atoms with van der Waals surface area (Å²) in [7, 11) is 0. The van der Waals surface area contributed by atoms with E-state index in [2.05, 4.69) is 0 Å². The number of esters is 5. The van der Waals surface area contributed by atoms with Crippen LogP contribution in [0.5, 0.6) is 0 Å². The van der Waals surface area contributed by atoms with Crippen LogP contribution in [-0.4, -0.2) is 120 Å². The molecule has 3 N–H and O–H groups in total. The van der Waals surface area contributed by atoms with Crippen molar-refractivity contribution in [3.8, 4) is 0 Å². The zero-order valence-electron chi connectivity index (χ0n) is 32.8. The Kier molecular flexibility index (Phi) is 18.6.